The molecule has 1 aromatic heterocycles. The quantitative estimate of drug-likeness (QED) is 0.538. The van der Waals surface area contributed by atoms with Crippen molar-refractivity contribution in [3.05, 3.63) is 41.2 Å². The number of benzene rings is 1. The van der Waals surface area contributed by atoms with E-state index in [1.165, 1.54) is 6.07 Å². The molecular weight excluding hydrogens is 364 g/mol. The molecule has 3 rings (SSSR count). The zero-order valence-corrected chi connectivity index (χ0v) is 15.1. The average molecular weight is 386 g/mol. The number of hydrogen-bond donors (Lipinski definition) is 0. The molecule has 1 aliphatic rings. The summed E-state index contributed by atoms with van der Waals surface area (Å²) in [6.45, 7) is 4.16. The van der Waals surface area contributed by atoms with Crippen molar-refractivity contribution in [2.45, 2.75) is 45.5 Å². The van der Waals surface area contributed by atoms with E-state index >= 15 is 0 Å². The molecule has 5 nitrogen and oxygen atoms in total. The molecule has 0 fully saturated rings. The summed E-state index contributed by atoms with van der Waals surface area (Å²) in [5.41, 5.74) is 0.645. The Morgan fingerprint density at radius 3 is 2.67 bits per heavy atom. The molecule has 0 saturated carbocycles. The molecule has 0 radical (unpaired) electrons. The molecule has 0 aliphatic carbocycles. The average Bonchev–Trinajstić information content (AvgIpc) is 3.04. The van der Waals surface area contributed by atoms with Gasteiger partial charge in [-0.3, -0.25) is 4.90 Å². The molecule has 148 valence electrons. The van der Waals surface area contributed by atoms with Gasteiger partial charge >= 0.3 is 6.18 Å². The summed E-state index contributed by atoms with van der Waals surface area (Å²) in [5.74, 6) is -0.338. The number of rotatable bonds is 7. The van der Waals surface area contributed by atoms with E-state index in [9.17, 15) is 17.6 Å². The predicted octanol–water partition coefficient (Wildman–Crippen LogP) is 3.67. The predicted molar refractivity (Wildman–Crippen MR) is 90.8 cm³/mol. The lowest BCUT2D eigenvalue weighted by molar-refractivity contribution is -0.148. The molecule has 27 heavy (non-hydrogen) atoms. The molecule has 0 saturated heterocycles. The molecule has 2 heterocycles. The zero-order valence-electron chi connectivity index (χ0n) is 15.1. The Kier molecular flexibility index (Phi) is 5.98. The minimum absolute atomic E-state index is 0.227. The van der Waals surface area contributed by atoms with E-state index < -0.39 is 12.0 Å². The second-order valence-electron chi connectivity index (χ2n) is 6.51. The van der Waals surface area contributed by atoms with Crippen molar-refractivity contribution >= 4 is 0 Å². The monoisotopic (exact) mass is 386 g/mol. The van der Waals surface area contributed by atoms with Crippen molar-refractivity contribution < 1.29 is 22.3 Å². The highest BCUT2D eigenvalue weighted by Crippen LogP contribution is 2.29. The van der Waals surface area contributed by atoms with Crippen LogP contribution in [0.2, 0.25) is 0 Å². The third kappa shape index (κ3) is 4.77. The molecule has 0 amide bonds. The zero-order chi connectivity index (χ0) is 19.4. The molecular formula is C18H22F4N4O. The Balaban J connectivity index is 1.46. The van der Waals surface area contributed by atoms with Crippen molar-refractivity contribution in [1.82, 2.24) is 19.7 Å². The van der Waals surface area contributed by atoms with Gasteiger partial charge in [0.2, 0.25) is 5.82 Å². The van der Waals surface area contributed by atoms with Crippen LogP contribution >= 0.6 is 0 Å². The number of alkyl halides is 3. The van der Waals surface area contributed by atoms with Crippen LogP contribution in [0.5, 0.6) is 5.75 Å². The van der Waals surface area contributed by atoms with Crippen LogP contribution in [0.1, 0.15) is 37.0 Å². The van der Waals surface area contributed by atoms with Crippen LogP contribution in [0.25, 0.3) is 0 Å². The minimum Gasteiger partial charge on any atom is -0.494 e. The summed E-state index contributed by atoms with van der Waals surface area (Å²) < 4.78 is 59.0. The Morgan fingerprint density at radius 1 is 1.15 bits per heavy atom. The molecule has 0 bridgehead atoms. The summed E-state index contributed by atoms with van der Waals surface area (Å²) in [4.78, 5) is 2.05. The number of aromatic nitrogens is 3. The summed E-state index contributed by atoms with van der Waals surface area (Å²) >= 11 is 0. The van der Waals surface area contributed by atoms with Crippen LogP contribution in [-0.2, 0) is 25.7 Å². The Hall–Kier alpha value is -2.16. The van der Waals surface area contributed by atoms with E-state index in [4.69, 9.17) is 4.74 Å². The topological polar surface area (TPSA) is 43.2 Å². The number of ether oxygens (including phenoxy) is 1. The molecule has 9 heteroatoms. The van der Waals surface area contributed by atoms with Gasteiger partial charge in [-0.05, 0) is 44.4 Å². The van der Waals surface area contributed by atoms with Crippen LogP contribution in [0, 0.1) is 5.82 Å². The highest BCUT2D eigenvalue weighted by molar-refractivity contribution is 5.29. The van der Waals surface area contributed by atoms with Crippen molar-refractivity contribution in [1.29, 1.82) is 0 Å². The van der Waals surface area contributed by atoms with Crippen LogP contribution in [0.15, 0.2) is 18.2 Å². The van der Waals surface area contributed by atoms with Gasteiger partial charge < -0.3 is 9.30 Å². The van der Waals surface area contributed by atoms with E-state index in [2.05, 4.69) is 15.1 Å². The van der Waals surface area contributed by atoms with E-state index in [-0.39, 0.29) is 12.4 Å². The smallest absolute Gasteiger partial charge is 0.451 e. The maximum atomic E-state index is 14.0. The van der Waals surface area contributed by atoms with Gasteiger partial charge in [0.1, 0.15) is 17.4 Å². The Morgan fingerprint density at radius 2 is 1.96 bits per heavy atom. The van der Waals surface area contributed by atoms with Gasteiger partial charge in [-0.1, -0.05) is 6.07 Å². The first-order chi connectivity index (χ1) is 12.9. The fourth-order valence-electron chi connectivity index (χ4n) is 3.25. The molecule has 0 unspecified atom stereocenters. The molecule has 0 spiro atoms. The summed E-state index contributed by atoms with van der Waals surface area (Å²) in [7, 11) is 0. The summed E-state index contributed by atoms with van der Waals surface area (Å²) in [6, 6.07) is 4.90. The lowest BCUT2D eigenvalue weighted by Crippen LogP contribution is -2.35. The second kappa shape index (κ2) is 8.24. The van der Waals surface area contributed by atoms with Crippen molar-refractivity contribution in [2.24, 2.45) is 0 Å². The van der Waals surface area contributed by atoms with E-state index in [0.717, 1.165) is 24.0 Å². The maximum Gasteiger partial charge on any atom is 0.451 e. The van der Waals surface area contributed by atoms with Crippen LogP contribution < -0.4 is 4.74 Å². The van der Waals surface area contributed by atoms with Crippen molar-refractivity contribution in [2.75, 3.05) is 19.7 Å². The van der Waals surface area contributed by atoms with E-state index in [1.807, 2.05) is 6.92 Å². The van der Waals surface area contributed by atoms with Crippen molar-refractivity contribution in [3.63, 3.8) is 0 Å². The van der Waals surface area contributed by atoms with Crippen molar-refractivity contribution in [3.8, 4) is 5.75 Å². The highest BCUT2D eigenvalue weighted by atomic mass is 19.4. The van der Waals surface area contributed by atoms with Crippen LogP contribution in [0.3, 0.4) is 0 Å². The first-order valence-electron chi connectivity index (χ1n) is 9.01. The lowest BCUT2D eigenvalue weighted by atomic mass is 10.1. The number of nitrogens with zero attached hydrogens (tertiary/aromatic N) is 4. The van der Waals surface area contributed by atoms with Gasteiger partial charge in [0.25, 0.3) is 0 Å². The second-order valence-corrected chi connectivity index (χ2v) is 6.51. The van der Waals surface area contributed by atoms with E-state index in [1.54, 1.807) is 12.1 Å². The third-order valence-electron chi connectivity index (χ3n) is 4.59. The Bertz CT molecular complexity index is 775. The van der Waals surface area contributed by atoms with Crippen LogP contribution in [0.4, 0.5) is 17.6 Å². The highest BCUT2D eigenvalue weighted by Gasteiger charge is 2.39. The molecule has 0 N–H and O–H groups in total. The van der Waals surface area contributed by atoms with Gasteiger partial charge in [0, 0.05) is 19.2 Å². The van der Waals surface area contributed by atoms with Crippen LogP contribution in [-0.4, -0.2) is 39.4 Å². The fourth-order valence-corrected chi connectivity index (χ4v) is 3.25. The minimum atomic E-state index is -4.48. The fraction of sp³-hybridized carbons (Fsp3) is 0.556. The molecule has 2 aromatic rings. The first kappa shape index (κ1) is 19.6. The number of halogens is 4. The number of aryl methyl sites for hydroxylation is 1. The third-order valence-corrected chi connectivity index (χ3v) is 4.59. The van der Waals surface area contributed by atoms with Gasteiger partial charge in [-0.15, -0.1) is 10.2 Å². The number of fused-ring (bicyclic) bond motifs is 1. The van der Waals surface area contributed by atoms with Gasteiger partial charge in [0.15, 0.2) is 0 Å². The first-order valence-corrected chi connectivity index (χ1v) is 9.01. The molecule has 1 aliphatic heterocycles. The summed E-state index contributed by atoms with van der Waals surface area (Å²) in [6.07, 6.45) is -2.25. The molecule has 0 atom stereocenters. The van der Waals surface area contributed by atoms with Gasteiger partial charge in [-0.2, -0.15) is 13.2 Å². The normalized spacial score (nSPS) is 15.0. The van der Waals surface area contributed by atoms with E-state index in [0.29, 0.717) is 43.3 Å². The Labute approximate surface area is 154 Å². The number of unbranched alkanes of at least 4 members (excludes halogenated alkanes) is 1. The largest absolute Gasteiger partial charge is 0.494 e. The van der Waals surface area contributed by atoms with Gasteiger partial charge in [-0.25, -0.2) is 4.39 Å². The SMILES string of the molecule is CCOc1ccc(CCCCN2CCn3c(nnc3C(F)(F)F)C2)c(F)c1. The van der Waals surface area contributed by atoms with Gasteiger partial charge in [0.05, 0.1) is 13.2 Å². The maximum absolute atomic E-state index is 14.0. The lowest BCUT2D eigenvalue weighted by Gasteiger charge is -2.27. The molecule has 1 aromatic carbocycles. The standard InChI is InChI=1S/C18H22F4N4O/c1-2-27-14-7-6-13(15(19)11-14)5-3-4-8-25-9-10-26-16(12-25)23-24-17(26)18(20,21)22/h6-7,11H,2-5,8-10,12H2,1H3. The number of hydrogen-bond acceptors (Lipinski definition) is 4. The summed E-state index contributed by atoms with van der Waals surface area (Å²) in [5, 5.41) is 6.95.